The molecular weight excluding hydrogens is 449 g/mol. The van der Waals surface area contributed by atoms with E-state index in [-0.39, 0.29) is 15.8 Å². The van der Waals surface area contributed by atoms with Crippen LogP contribution < -0.4 is 4.74 Å². The average Bonchev–Trinajstić information content (AvgIpc) is 3.10. The number of fused-ring (bicyclic) bond motifs is 1. The van der Waals surface area contributed by atoms with Gasteiger partial charge in [0.05, 0.1) is 0 Å². The normalized spacial score (nSPS) is 13.0. The molecule has 0 aliphatic carbocycles. The van der Waals surface area contributed by atoms with Gasteiger partial charge >= 0.3 is 13.6 Å². The smallest absolute Gasteiger partial charge is 0.363 e. The van der Waals surface area contributed by atoms with E-state index in [2.05, 4.69) is 4.74 Å². The van der Waals surface area contributed by atoms with Crippen LogP contribution in [0.4, 0.5) is 26.3 Å². The lowest BCUT2D eigenvalue weighted by Gasteiger charge is -2.09. The van der Waals surface area contributed by atoms with E-state index < -0.39 is 54.3 Å². The predicted octanol–water partition coefficient (Wildman–Crippen LogP) is 4.96. The van der Waals surface area contributed by atoms with Crippen molar-refractivity contribution in [1.29, 1.82) is 0 Å². The molecule has 0 aliphatic rings. The summed E-state index contributed by atoms with van der Waals surface area (Å²) in [7, 11) is -5.08. The monoisotopic (exact) mass is 456 g/mol. The highest BCUT2D eigenvalue weighted by molar-refractivity contribution is 7.51. The van der Waals surface area contributed by atoms with Crippen molar-refractivity contribution in [3.63, 3.8) is 0 Å². The van der Waals surface area contributed by atoms with Gasteiger partial charge in [-0.05, 0) is 29.1 Å². The van der Waals surface area contributed by atoms with Gasteiger partial charge in [-0.2, -0.15) is 8.78 Å². The Morgan fingerprint density at radius 3 is 2.07 bits per heavy atom. The van der Waals surface area contributed by atoms with Gasteiger partial charge in [-0.1, -0.05) is 6.07 Å². The molecule has 5 nitrogen and oxygen atoms in total. The molecular formula is C16H7F6O5PS. The Kier molecular flexibility index (Phi) is 5.48. The molecule has 29 heavy (non-hydrogen) atoms. The Bertz CT molecular complexity index is 1160. The van der Waals surface area contributed by atoms with Crippen LogP contribution in [0.3, 0.4) is 0 Å². The van der Waals surface area contributed by atoms with Gasteiger partial charge in [-0.3, -0.25) is 4.57 Å². The van der Waals surface area contributed by atoms with E-state index in [9.17, 15) is 35.7 Å². The van der Waals surface area contributed by atoms with Crippen molar-refractivity contribution < 1.29 is 50.2 Å². The molecule has 1 atom stereocenters. The van der Waals surface area contributed by atoms with Crippen molar-refractivity contribution >= 4 is 35.0 Å². The molecule has 0 aliphatic heterocycles. The average molecular weight is 456 g/mol. The van der Waals surface area contributed by atoms with Crippen molar-refractivity contribution in [3.05, 3.63) is 63.8 Å². The second kappa shape index (κ2) is 7.45. The van der Waals surface area contributed by atoms with Crippen LogP contribution in [0.25, 0.3) is 10.1 Å². The van der Waals surface area contributed by atoms with E-state index in [1.54, 1.807) is 0 Å². The number of halogens is 6. The first-order valence-corrected chi connectivity index (χ1v) is 9.88. The third kappa shape index (κ3) is 3.88. The van der Waals surface area contributed by atoms with Gasteiger partial charge in [0.15, 0.2) is 0 Å². The molecule has 2 N–H and O–H groups in total. The SMILES string of the molecule is O=C(Oc1c(F)c(F)c(F)c(F)c1F)c1cc2cc([C@H](F)P(=O)(O)O)ccc2s1. The van der Waals surface area contributed by atoms with Crippen LogP contribution in [0.15, 0.2) is 24.3 Å². The molecule has 0 bridgehead atoms. The van der Waals surface area contributed by atoms with Crippen LogP contribution in [-0.2, 0) is 4.57 Å². The molecule has 1 aromatic heterocycles. The van der Waals surface area contributed by atoms with Gasteiger partial charge in [0.1, 0.15) is 4.88 Å². The van der Waals surface area contributed by atoms with Gasteiger partial charge in [0, 0.05) is 4.70 Å². The van der Waals surface area contributed by atoms with Gasteiger partial charge in [-0.25, -0.2) is 22.4 Å². The van der Waals surface area contributed by atoms with Crippen LogP contribution in [0.1, 0.15) is 21.1 Å². The molecule has 3 aromatic rings. The fraction of sp³-hybridized carbons (Fsp3) is 0.0625. The molecule has 13 heteroatoms. The third-order valence-corrected chi connectivity index (χ3v) is 5.66. The van der Waals surface area contributed by atoms with Crippen LogP contribution in [-0.4, -0.2) is 15.8 Å². The van der Waals surface area contributed by atoms with Gasteiger partial charge in [-0.15, -0.1) is 11.3 Å². The Labute approximate surface area is 161 Å². The number of benzene rings is 2. The van der Waals surface area contributed by atoms with Gasteiger partial charge in [0.2, 0.25) is 40.7 Å². The third-order valence-electron chi connectivity index (χ3n) is 3.68. The molecule has 0 spiro atoms. The summed E-state index contributed by atoms with van der Waals surface area (Å²) >= 11 is 0.678. The Morgan fingerprint density at radius 2 is 1.52 bits per heavy atom. The highest BCUT2D eigenvalue weighted by atomic mass is 32.1. The number of carbonyl (C=O) groups is 1. The number of carbonyl (C=O) groups excluding carboxylic acids is 1. The van der Waals surface area contributed by atoms with E-state index in [1.165, 1.54) is 6.07 Å². The molecule has 0 saturated carbocycles. The Hall–Kier alpha value is -2.40. The quantitative estimate of drug-likeness (QED) is 0.145. The molecule has 0 saturated heterocycles. The lowest BCUT2D eigenvalue weighted by molar-refractivity contribution is 0.0721. The number of alkyl halides is 1. The van der Waals surface area contributed by atoms with Gasteiger partial charge < -0.3 is 14.5 Å². The van der Waals surface area contributed by atoms with Crippen LogP contribution in [0, 0.1) is 29.1 Å². The summed E-state index contributed by atoms with van der Waals surface area (Å²) in [4.78, 5) is 29.5. The van der Waals surface area contributed by atoms with Crippen molar-refractivity contribution in [1.82, 2.24) is 0 Å². The number of hydrogen-bond acceptors (Lipinski definition) is 4. The summed E-state index contributed by atoms with van der Waals surface area (Å²) in [5, 5.41) is 0.132. The zero-order valence-corrected chi connectivity index (χ0v) is 15.3. The van der Waals surface area contributed by atoms with E-state index in [1.807, 2.05) is 0 Å². The zero-order valence-electron chi connectivity index (χ0n) is 13.6. The highest BCUT2D eigenvalue weighted by Gasteiger charge is 2.31. The number of hydrogen-bond donors (Lipinski definition) is 2. The van der Waals surface area contributed by atoms with Crippen LogP contribution in [0.2, 0.25) is 0 Å². The predicted molar refractivity (Wildman–Crippen MR) is 88.9 cm³/mol. The van der Waals surface area contributed by atoms with Crippen molar-refractivity contribution in [3.8, 4) is 5.75 Å². The second-order valence-corrected chi connectivity index (χ2v) is 8.34. The summed E-state index contributed by atoms with van der Waals surface area (Å²) in [5.74, 6) is -17.5. The summed E-state index contributed by atoms with van der Waals surface area (Å²) in [6.45, 7) is 0. The second-order valence-electron chi connectivity index (χ2n) is 5.62. The fourth-order valence-corrected chi connectivity index (χ4v) is 3.79. The minimum Gasteiger partial charge on any atom is -0.416 e. The van der Waals surface area contributed by atoms with E-state index in [0.717, 1.165) is 18.2 Å². The number of esters is 1. The Morgan fingerprint density at radius 1 is 0.966 bits per heavy atom. The van der Waals surface area contributed by atoms with E-state index in [0.29, 0.717) is 16.0 Å². The number of thiophene rings is 1. The molecule has 1 heterocycles. The molecule has 0 amide bonds. The lowest BCUT2D eigenvalue weighted by atomic mass is 10.2. The highest BCUT2D eigenvalue weighted by Crippen LogP contribution is 2.53. The van der Waals surface area contributed by atoms with Gasteiger partial charge in [0.25, 0.3) is 0 Å². The molecule has 3 rings (SSSR count). The first-order chi connectivity index (χ1) is 13.4. The van der Waals surface area contributed by atoms with Crippen LogP contribution >= 0.6 is 18.9 Å². The summed E-state index contributed by atoms with van der Waals surface area (Å²) in [6.07, 6.45) is 0. The standard InChI is InChI=1S/C16H7F6O5PS/c17-9-10(18)12(20)14(13(21)11(9)19)27-16(23)8-4-6-3-5(1-2-7(6)29-8)15(22)28(24,25)26/h1-4,15H,(H2,24,25,26)/t15-/m1/s1. The maximum absolute atomic E-state index is 13.8. The van der Waals surface area contributed by atoms with E-state index >= 15 is 0 Å². The summed E-state index contributed by atoms with van der Waals surface area (Å²) < 4.78 is 96.1. The molecule has 0 radical (unpaired) electrons. The lowest BCUT2D eigenvalue weighted by Crippen LogP contribution is -2.12. The maximum atomic E-state index is 13.8. The summed E-state index contributed by atoms with van der Waals surface area (Å²) in [5.41, 5.74) is -0.386. The Balaban J connectivity index is 1.96. The zero-order chi connectivity index (χ0) is 21.7. The molecule has 0 unspecified atom stereocenters. The van der Waals surface area contributed by atoms with Crippen molar-refractivity contribution in [2.45, 2.75) is 5.91 Å². The first kappa shape index (κ1) is 21.3. The number of rotatable bonds is 4. The minimum atomic E-state index is -5.08. The van der Waals surface area contributed by atoms with E-state index in [4.69, 9.17) is 9.79 Å². The first-order valence-electron chi connectivity index (χ1n) is 7.38. The topological polar surface area (TPSA) is 83.8 Å². The molecule has 2 aromatic carbocycles. The van der Waals surface area contributed by atoms with Crippen molar-refractivity contribution in [2.75, 3.05) is 0 Å². The molecule has 154 valence electrons. The minimum absolute atomic E-state index is 0.132. The summed E-state index contributed by atoms with van der Waals surface area (Å²) in [6, 6.07) is 4.36. The largest absolute Gasteiger partial charge is 0.416 e. The van der Waals surface area contributed by atoms with Crippen LogP contribution in [0.5, 0.6) is 5.75 Å². The number of ether oxygens (including phenoxy) is 1. The fourth-order valence-electron chi connectivity index (χ4n) is 2.32. The maximum Gasteiger partial charge on any atom is 0.363 e. The molecule has 0 fully saturated rings. The van der Waals surface area contributed by atoms with Crippen molar-refractivity contribution in [2.24, 2.45) is 0 Å².